The molecule has 1 aromatic heterocycles. The molecule has 0 amide bonds. The molecule has 0 aliphatic heterocycles. The van der Waals surface area contributed by atoms with Gasteiger partial charge in [0.2, 0.25) is 0 Å². The van der Waals surface area contributed by atoms with E-state index < -0.39 is 16.0 Å². The van der Waals surface area contributed by atoms with Gasteiger partial charge in [-0.25, -0.2) is 13.2 Å². The van der Waals surface area contributed by atoms with Crippen LogP contribution in [0, 0.1) is 5.92 Å². The van der Waals surface area contributed by atoms with Gasteiger partial charge in [-0.05, 0) is 18.8 Å². The van der Waals surface area contributed by atoms with Gasteiger partial charge in [0.05, 0.1) is 6.20 Å². The number of aromatic amines is 1. The van der Waals surface area contributed by atoms with Crippen LogP contribution in [0.1, 0.15) is 50.9 Å². The fourth-order valence-electron chi connectivity index (χ4n) is 2.24. The number of carboxylic acids is 1. The molecule has 1 heterocycles. The van der Waals surface area contributed by atoms with Crippen molar-refractivity contribution in [3.8, 4) is 0 Å². The average molecular weight is 317 g/mol. The number of nitrogens with zero attached hydrogens (tertiary/aromatic N) is 2. The Balaban J connectivity index is 3.32. The minimum absolute atomic E-state index is 0.136. The fraction of sp³-hybridized carbons (Fsp3) is 0.692. The van der Waals surface area contributed by atoms with Gasteiger partial charge in [0, 0.05) is 12.6 Å². The molecule has 0 saturated heterocycles. The first-order valence-corrected chi connectivity index (χ1v) is 8.48. The average Bonchev–Trinajstić information content (AvgIpc) is 2.88. The van der Waals surface area contributed by atoms with E-state index in [9.17, 15) is 13.2 Å². The number of rotatable bonds is 8. The van der Waals surface area contributed by atoms with Crippen molar-refractivity contribution in [1.82, 2.24) is 14.5 Å². The lowest BCUT2D eigenvalue weighted by Gasteiger charge is -2.30. The van der Waals surface area contributed by atoms with Gasteiger partial charge in [-0.2, -0.15) is 9.40 Å². The lowest BCUT2D eigenvalue weighted by Crippen LogP contribution is -2.42. The second-order valence-corrected chi connectivity index (χ2v) is 7.18. The Hall–Kier alpha value is -1.41. The molecule has 0 atom stereocenters. The molecule has 0 radical (unpaired) electrons. The first-order valence-electron chi connectivity index (χ1n) is 7.04. The Morgan fingerprint density at radius 2 is 1.95 bits per heavy atom. The van der Waals surface area contributed by atoms with Crippen LogP contribution < -0.4 is 0 Å². The molecule has 0 unspecified atom stereocenters. The van der Waals surface area contributed by atoms with E-state index in [2.05, 4.69) is 10.2 Å². The molecule has 0 bridgehead atoms. The third kappa shape index (κ3) is 3.82. The molecular formula is C13H23N3O4S. The molecule has 0 fully saturated rings. The quantitative estimate of drug-likeness (QED) is 0.762. The van der Waals surface area contributed by atoms with E-state index in [1.54, 1.807) is 0 Å². The Morgan fingerprint density at radius 1 is 1.38 bits per heavy atom. The zero-order valence-electron chi connectivity index (χ0n) is 12.8. The minimum Gasteiger partial charge on any atom is -0.478 e. The normalized spacial score (nSPS) is 12.5. The van der Waals surface area contributed by atoms with Crippen molar-refractivity contribution in [1.29, 1.82) is 0 Å². The summed E-state index contributed by atoms with van der Waals surface area (Å²) < 4.78 is 27.0. The zero-order chi connectivity index (χ0) is 16.2. The Morgan fingerprint density at radius 3 is 2.38 bits per heavy atom. The van der Waals surface area contributed by atoms with Gasteiger partial charge < -0.3 is 5.11 Å². The summed E-state index contributed by atoms with van der Waals surface area (Å²) in [6, 6.07) is -0.164. The summed E-state index contributed by atoms with van der Waals surface area (Å²) in [6.07, 6.45) is 2.35. The van der Waals surface area contributed by atoms with Crippen LogP contribution in [0.2, 0.25) is 0 Å². The summed E-state index contributed by atoms with van der Waals surface area (Å²) in [4.78, 5) is 11.1. The molecule has 0 aliphatic rings. The van der Waals surface area contributed by atoms with E-state index in [1.807, 2.05) is 27.7 Å². The molecule has 2 N–H and O–H groups in total. The Kier molecular flexibility index (Phi) is 5.91. The number of nitrogens with one attached hydrogen (secondary N) is 1. The minimum atomic E-state index is -3.92. The van der Waals surface area contributed by atoms with Gasteiger partial charge >= 0.3 is 5.97 Å². The zero-order valence-corrected chi connectivity index (χ0v) is 13.6. The van der Waals surface area contributed by atoms with Crippen LogP contribution in [0.5, 0.6) is 0 Å². The van der Waals surface area contributed by atoms with Gasteiger partial charge in [0.1, 0.15) is 5.56 Å². The van der Waals surface area contributed by atoms with E-state index in [0.717, 1.165) is 6.20 Å². The monoisotopic (exact) mass is 317 g/mol. The number of aromatic nitrogens is 2. The summed E-state index contributed by atoms with van der Waals surface area (Å²) in [5.74, 6) is -1.17. The highest BCUT2D eigenvalue weighted by molar-refractivity contribution is 7.89. The molecule has 21 heavy (non-hydrogen) atoms. The molecule has 1 rings (SSSR count). The smallest absolute Gasteiger partial charge is 0.340 e. The van der Waals surface area contributed by atoms with Crippen LogP contribution in [0.25, 0.3) is 0 Å². The van der Waals surface area contributed by atoms with E-state index in [-0.39, 0.29) is 22.5 Å². The predicted octanol–water partition coefficient (Wildman–Crippen LogP) is 1.94. The lowest BCUT2D eigenvalue weighted by molar-refractivity contribution is 0.0692. The molecule has 0 aromatic carbocycles. The number of carbonyl (C=O) groups is 1. The lowest BCUT2D eigenvalue weighted by atomic mass is 10.1. The summed E-state index contributed by atoms with van der Waals surface area (Å²) >= 11 is 0. The van der Waals surface area contributed by atoms with Gasteiger partial charge in [-0.3, -0.25) is 5.10 Å². The van der Waals surface area contributed by atoms with Gasteiger partial charge in [0.15, 0.2) is 5.03 Å². The van der Waals surface area contributed by atoms with Crippen molar-refractivity contribution in [2.45, 2.75) is 51.6 Å². The summed E-state index contributed by atoms with van der Waals surface area (Å²) in [5, 5.41) is 14.6. The molecule has 0 spiro atoms. The number of H-pyrrole nitrogens is 1. The van der Waals surface area contributed by atoms with E-state index in [4.69, 9.17) is 5.11 Å². The largest absolute Gasteiger partial charge is 0.478 e. The van der Waals surface area contributed by atoms with Crippen LogP contribution in [-0.2, 0) is 10.0 Å². The van der Waals surface area contributed by atoms with Gasteiger partial charge in [0.25, 0.3) is 10.0 Å². The predicted molar refractivity (Wildman–Crippen MR) is 78.6 cm³/mol. The second-order valence-electron chi connectivity index (χ2n) is 5.36. The van der Waals surface area contributed by atoms with Crippen LogP contribution in [-0.4, -0.2) is 46.6 Å². The number of aromatic carboxylic acids is 1. The third-order valence-electron chi connectivity index (χ3n) is 3.30. The van der Waals surface area contributed by atoms with Crippen LogP contribution >= 0.6 is 0 Å². The first-order chi connectivity index (χ1) is 9.75. The molecule has 8 heteroatoms. The van der Waals surface area contributed by atoms with E-state index in [1.165, 1.54) is 4.31 Å². The maximum absolute atomic E-state index is 12.8. The number of sulfonamides is 1. The summed E-state index contributed by atoms with van der Waals surface area (Å²) in [6.45, 7) is 8.03. The van der Waals surface area contributed by atoms with Crippen LogP contribution in [0.3, 0.4) is 0 Å². The van der Waals surface area contributed by atoms with Crippen molar-refractivity contribution in [2.75, 3.05) is 6.54 Å². The van der Waals surface area contributed by atoms with E-state index in [0.29, 0.717) is 19.4 Å². The SMILES string of the molecule is CCC(CC)N(CC(C)C)S(=O)(=O)c1[nH]ncc1C(=O)O. The molecule has 120 valence electrons. The van der Waals surface area contributed by atoms with E-state index >= 15 is 0 Å². The highest BCUT2D eigenvalue weighted by Gasteiger charge is 2.34. The van der Waals surface area contributed by atoms with Crippen molar-refractivity contribution in [2.24, 2.45) is 5.92 Å². The van der Waals surface area contributed by atoms with Crippen molar-refractivity contribution in [3.63, 3.8) is 0 Å². The van der Waals surface area contributed by atoms with Crippen molar-refractivity contribution >= 4 is 16.0 Å². The Labute approximate surface area is 125 Å². The van der Waals surface area contributed by atoms with Crippen LogP contribution in [0.4, 0.5) is 0 Å². The van der Waals surface area contributed by atoms with Crippen molar-refractivity contribution in [3.05, 3.63) is 11.8 Å². The van der Waals surface area contributed by atoms with Crippen LogP contribution in [0.15, 0.2) is 11.2 Å². The fourth-order valence-corrected chi connectivity index (χ4v) is 4.25. The van der Waals surface area contributed by atoms with Gasteiger partial charge in [-0.15, -0.1) is 0 Å². The summed E-state index contributed by atoms with van der Waals surface area (Å²) in [7, 11) is -3.92. The summed E-state index contributed by atoms with van der Waals surface area (Å²) in [5.41, 5.74) is -0.324. The highest BCUT2D eigenvalue weighted by Crippen LogP contribution is 2.23. The maximum Gasteiger partial charge on any atom is 0.340 e. The molecule has 0 aliphatic carbocycles. The topological polar surface area (TPSA) is 103 Å². The Bertz CT molecular complexity index is 576. The second kappa shape index (κ2) is 7.04. The third-order valence-corrected chi connectivity index (χ3v) is 5.19. The molecule has 7 nitrogen and oxygen atoms in total. The number of hydrogen-bond donors (Lipinski definition) is 2. The standard InChI is InChI=1S/C13H23N3O4S/c1-5-10(6-2)16(8-9(3)4)21(19,20)12-11(13(17)18)7-14-15-12/h7,9-10H,5-6,8H2,1-4H3,(H,14,15)(H,17,18). The first kappa shape index (κ1) is 17.6. The van der Waals surface area contributed by atoms with Crippen molar-refractivity contribution < 1.29 is 18.3 Å². The van der Waals surface area contributed by atoms with Gasteiger partial charge in [-0.1, -0.05) is 27.7 Å². The highest BCUT2D eigenvalue weighted by atomic mass is 32.2. The molecule has 0 saturated carbocycles. The maximum atomic E-state index is 12.8. The number of hydrogen-bond acceptors (Lipinski definition) is 4. The molecule has 1 aromatic rings. The number of carboxylic acid groups (broad SMARTS) is 1. The molecular weight excluding hydrogens is 294 g/mol.